The maximum Gasteiger partial charge on any atom is 0.223 e. The molecular weight excluding hydrogens is 160 g/mol. The van der Waals surface area contributed by atoms with Gasteiger partial charge in [0.1, 0.15) is 6.54 Å². The van der Waals surface area contributed by atoms with E-state index in [1.54, 1.807) is 12.3 Å². The first-order chi connectivity index (χ1) is 5.79. The average molecular weight is 172 g/mol. The van der Waals surface area contributed by atoms with Crippen LogP contribution in [0.25, 0.3) is 0 Å². The van der Waals surface area contributed by atoms with E-state index in [-0.39, 0.29) is 19.8 Å². The van der Waals surface area contributed by atoms with Crippen molar-refractivity contribution in [1.29, 1.82) is 0 Å². The molecule has 0 amide bonds. The number of aliphatic hydroxyl groups excluding tert-OH is 2. The Bertz CT molecular complexity index is 223. The second kappa shape index (κ2) is 4.08. The normalized spacial score (nSPS) is 10.5. The highest BCUT2D eigenvalue weighted by molar-refractivity contribution is 4.92. The van der Waals surface area contributed by atoms with E-state index >= 15 is 0 Å². The summed E-state index contributed by atoms with van der Waals surface area (Å²) in [5.41, 5.74) is 0.519. The minimum absolute atomic E-state index is 0.0363. The fraction of sp³-hybridized carbons (Fsp3) is 0.571. The van der Waals surface area contributed by atoms with E-state index in [2.05, 4.69) is 0 Å². The van der Waals surface area contributed by atoms with Gasteiger partial charge in [-0.15, -0.1) is 4.68 Å². The van der Waals surface area contributed by atoms with Gasteiger partial charge in [0.15, 0.2) is 0 Å². The standard InChI is InChI=1S/C7H12N2O3/c10-5-2-7-1-3-8(4-6-11)9(7)12/h1,3,10-11H,2,4-6H2. The van der Waals surface area contributed by atoms with E-state index in [1.807, 2.05) is 0 Å². The molecule has 1 rings (SSSR count). The Morgan fingerprint density at radius 2 is 2.17 bits per heavy atom. The van der Waals surface area contributed by atoms with Crippen LogP contribution >= 0.6 is 0 Å². The predicted molar refractivity (Wildman–Crippen MR) is 41.3 cm³/mol. The van der Waals surface area contributed by atoms with Gasteiger partial charge in [0, 0.05) is 6.07 Å². The first kappa shape index (κ1) is 9.02. The molecule has 2 N–H and O–H groups in total. The molecule has 0 fully saturated rings. The Morgan fingerprint density at radius 1 is 1.42 bits per heavy atom. The molecule has 0 spiro atoms. The lowest BCUT2D eigenvalue weighted by Crippen LogP contribution is -2.41. The monoisotopic (exact) mass is 172 g/mol. The third-order valence-electron chi connectivity index (χ3n) is 1.62. The lowest BCUT2D eigenvalue weighted by molar-refractivity contribution is -0.701. The van der Waals surface area contributed by atoms with Crippen LogP contribution in [-0.4, -0.2) is 28.1 Å². The number of rotatable bonds is 4. The van der Waals surface area contributed by atoms with Crippen LogP contribution in [0.2, 0.25) is 0 Å². The zero-order chi connectivity index (χ0) is 8.97. The van der Waals surface area contributed by atoms with Crippen molar-refractivity contribution in [2.45, 2.75) is 13.0 Å². The summed E-state index contributed by atoms with van der Waals surface area (Å²) in [5, 5.41) is 28.3. The van der Waals surface area contributed by atoms with E-state index in [0.29, 0.717) is 17.0 Å². The van der Waals surface area contributed by atoms with E-state index < -0.39 is 0 Å². The lowest BCUT2D eigenvalue weighted by Gasteiger charge is -2.02. The van der Waals surface area contributed by atoms with Gasteiger partial charge in [-0.3, -0.25) is 0 Å². The van der Waals surface area contributed by atoms with Crippen molar-refractivity contribution in [2.75, 3.05) is 13.2 Å². The molecule has 12 heavy (non-hydrogen) atoms. The van der Waals surface area contributed by atoms with Gasteiger partial charge in [-0.2, -0.15) is 0 Å². The first-order valence-corrected chi connectivity index (χ1v) is 3.79. The summed E-state index contributed by atoms with van der Waals surface area (Å²) in [6.45, 7) is 0.190. The molecule has 0 aliphatic rings. The third-order valence-corrected chi connectivity index (χ3v) is 1.62. The van der Waals surface area contributed by atoms with Crippen molar-refractivity contribution in [3.05, 3.63) is 23.2 Å². The van der Waals surface area contributed by atoms with Gasteiger partial charge in [0.2, 0.25) is 5.69 Å². The summed E-state index contributed by atoms with van der Waals surface area (Å²) in [6, 6.07) is 1.64. The van der Waals surface area contributed by atoms with Gasteiger partial charge >= 0.3 is 0 Å². The quantitative estimate of drug-likeness (QED) is 0.435. The summed E-state index contributed by atoms with van der Waals surface area (Å²) in [4.78, 5) is 0.687. The molecule has 0 atom stereocenters. The molecule has 68 valence electrons. The Labute approximate surface area is 70.0 Å². The molecule has 1 heterocycles. The van der Waals surface area contributed by atoms with Crippen molar-refractivity contribution >= 4 is 0 Å². The maximum absolute atomic E-state index is 11.2. The van der Waals surface area contributed by atoms with Crippen molar-refractivity contribution < 1.29 is 15.1 Å². The van der Waals surface area contributed by atoms with Crippen molar-refractivity contribution in [3.8, 4) is 0 Å². The summed E-state index contributed by atoms with van der Waals surface area (Å²) >= 11 is 0. The SMILES string of the molecule is [O-][n+]1c(CCO)ccn1CCO. The highest BCUT2D eigenvalue weighted by atomic mass is 16.5. The molecule has 0 bridgehead atoms. The molecular formula is C7H12N2O3. The van der Waals surface area contributed by atoms with Gasteiger partial charge < -0.3 is 15.4 Å². The maximum atomic E-state index is 11.2. The highest BCUT2D eigenvalue weighted by Gasteiger charge is 2.09. The zero-order valence-electron chi connectivity index (χ0n) is 6.68. The van der Waals surface area contributed by atoms with E-state index in [9.17, 15) is 5.21 Å². The summed E-state index contributed by atoms with van der Waals surface area (Å²) in [7, 11) is 0. The molecule has 0 saturated carbocycles. The van der Waals surface area contributed by atoms with Gasteiger partial charge in [-0.1, -0.05) is 4.85 Å². The Hall–Kier alpha value is -1.07. The second-order valence-electron chi connectivity index (χ2n) is 2.44. The molecule has 0 aliphatic heterocycles. The van der Waals surface area contributed by atoms with Crippen molar-refractivity contribution in [2.24, 2.45) is 0 Å². The Kier molecular flexibility index (Phi) is 3.07. The lowest BCUT2D eigenvalue weighted by atomic mass is 10.3. The van der Waals surface area contributed by atoms with E-state index in [4.69, 9.17) is 10.2 Å². The highest BCUT2D eigenvalue weighted by Crippen LogP contribution is 1.93. The van der Waals surface area contributed by atoms with Gasteiger partial charge in [-0.05, 0) is 0 Å². The van der Waals surface area contributed by atoms with Crippen molar-refractivity contribution in [3.63, 3.8) is 0 Å². The van der Waals surface area contributed by atoms with Crippen LogP contribution < -0.4 is 4.85 Å². The topological polar surface area (TPSA) is 72.3 Å². The van der Waals surface area contributed by atoms with Crippen LogP contribution in [0.3, 0.4) is 0 Å². The first-order valence-electron chi connectivity index (χ1n) is 3.79. The van der Waals surface area contributed by atoms with E-state index in [0.717, 1.165) is 0 Å². The molecule has 1 aromatic rings. The number of hydrogen-bond acceptors (Lipinski definition) is 3. The number of hydrogen-bond donors (Lipinski definition) is 2. The minimum Gasteiger partial charge on any atom is -0.596 e. The molecule has 0 aromatic carbocycles. The number of aliphatic hydroxyl groups is 2. The van der Waals surface area contributed by atoms with Crippen LogP contribution in [0.5, 0.6) is 0 Å². The largest absolute Gasteiger partial charge is 0.596 e. The summed E-state index contributed by atoms with van der Waals surface area (Å²) in [6.07, 6.45) is 1.94. The summed E-state index contributed by atoms with van der Waals surface area (Å²) in [5.74, 6) is 0. The van der Waals surface area contributed by atoms with Crippen molar-refractivity contribution in [1.82, 2.24) is 4.68 Å². The smallest absolute Gasteiger partial charge is 0.223 e. The summed E-state index contributed by atoms with van der Waals surface area (Å²) < 4.78 is 1.35. The molecule has 0 radical (unpaired) electrons. The van der Waals surface area contributed by atoms with Crippen LogP contribution in [-0.2, 0) is 13.0 Å². The number of aromatic nitrogens is 2. The minimum atomic E-state index is -0.0600. The molecule has 0 aliphatic carbocycles. The van der Waals surface area contributed by atoms with E-state index in [1.165, 1.54) is 4.68 Å². The molecule has 0 unspecified atom stereocenters. The molecule has 5 heteroatoms. The van der Waals surface area contributed by atoms with Crippen LogP contribution in [0.4, 0.5) is 0 Å². The van der Waals surface area contributed by atoms with Crippen LogP contribution in [0.1, 0.15) is 5.69 Å². The number of nitrogens with zero attached hydrogens (tertiary/aromatic N) is 2. The van der Waals surface area contributed by atoms with Gasteiger partial charge in [0.05, 0.1) is 25.8 Å². The molecule has 5 nitrogen and oxygen atoms in total. The predicted octanol–water partition coefficient (Wildman–Crippen LogP) is -1.35. The van der Waals surface area contributed by atoms with Gasteiger partial charge in [-0.25, -0.2) is 0 Å². The third kappa shape index (κ3) is 1.75. The second-order valence-corrected chi connectivity index (χ2v) is 2.44. The van der Waals surface area contributed by atoms with Gasteiger partial charge in [0.25, 0.3) is 0 Å². The van der Waals surface area contributed by atoms with Crippen LogP contribution in [0, 0.1) is 5.21 Å². The fourth-order valence-electron chi connectivity index (χ4n) is 1.02. The fourth-order valence-corrected chi connectivity index (χ4v) is 1.02. The zero-order valence-corrected chi connectivity index (χ0v) is 6.68. The Balaban J connectivity index is 2.74. The molecule has 1 aromatic heterocycles. The average Bonchev–Trinajstić information content (AvgIpc) is 2.38. The molecule has 0 saturated heterocycles. The Morgan fingerprint density at radius 3 is 2.75 bits per heavy atom. The van der Waals surface area contributed by atoms with Crippen LogP contribution in [0.15, 0.2) is 12.3 Å².